The smallest absolute Gasteiger partial charge is 0.265 e. The normalized spacial score (nSPS) is 10.3. The summed E-state index contributed by atoms with van der Waals surface area (Å²) in [6.07, 6.45) is 0. The van der Waals surface area contributed by atoms with E-state index in [1.165, 1.54) is 11.3 Å². The molecule has 1 heterocycles. The van der Waals surface area contributed by atoms with Crippen LogP contribution in [0, 0.1) is 6.92 Å². The van der Waals surface area contributed by atoms with Crippen molar-refractivity contribution < 1.29 is 9.59 Å². The highest BCUT2D eigenvalue weighted by Gasteiger charge is 2.11. The number of nitrogens with one attached hydrogen (secondary N) is 2. The number of carbonyl (C=O) groups excluding carboxylic acids is 2. The van der Waals surface area contributed by atoms with Crippen molar-refractivity contribution in [3.05, 3.63) is 80.5 Å². The Balaban J connectivity index is 1.75. The molecule has 0 bridgehead atoms. The average Bonchev–Trinajstić information content (AvgIpc) is 3.13. The third-order valence-electron chi connectivity index (χ3n) is 3.58. The number of benzene rings is 2. The Labute approximate surface area is 158 Å². The molecule has 0 aliphatic rings. The molecule has 2 amide bonds. The van der Waals surface area contributed by atoms with Crippen LogP contribution < -0.4 is 10.6 Å². The van der Waals surface area contributed by atoms with Crippen molar-refractivity contribution >= 4 is 50.5 Å². The van der Waals surface area contributed by atoms with Crippen LogP contribution in [0.1, 0.15) is 25.6 Å². The topological polar surface area (TPSA) is 58.2 Å². The number of halogens is 1. The van der Waals surface area contributed by atoms with E-state index in [0.29, 0.717) is 16.1 Å². The molecule has 126 valence electrons. The summed E-state index contributed by atoms with van der Waals surface area (Å²) in [5.41, 5.74) is 2.77. The Morgan fingerprint density at radius 3 is 2.56 bits per heavy atom. The first-order chi connectivity index (χ1) is 12.0. The molecular weight excluding hydrogens is 400 g/mol. The van der Waals surface area contributed by atoms with Gasteiger partial charge in [0.1, 0.15) is 0 Å². The minimum Gasteiger partial charge on any atom is -0.322 e. The Bertz CT molecular complexity index is 923. The Morgan fingerprint density at radius 2 is 1.80 bits per heavy atom. The number of hydrogen-bond donors (Lipinski definition) is 2. The van der Waals surface area contributed by atoms with Crippen molar-refractivity contribution in [2.75, 3.05) is 10.6 Å². The molecule has 25 heavy (non-hydrogen) atoms. The van der Waals surface area contributed by atoms with E-state index in [4.69, 9.17) is 0 Å². The minimum absolute atomic E-state index is 0.185. The minimum atomic E-state index is -0.228. The summed E-state index contributed by atoms with van der Waals surface area (Å²) in [4.78, 5) is 25.3. The van der Waals surface area contributed by atoms with E-state index >= 15 is 0 Å². The molecule has 4 nitrogen and oxygen atoms in total. The molecule has 2 aromatic carbocycles. The Hall–Kier alpha value is -2.44. The van der Waals surface area contributed by atoms with Crippen LogP contribution in [0.25, 0.3) is 0 Å². The molecule has 0 saturated heterocycles. The van der Waals surface area contributed by atoms with Crippen molar-refractivity contribution in [1.29, 1.82) is 0 Å². The summed E-state index contributed by atoms with van der Waals surface area (Å²) in [6, 6.07) is 16.2. The molecule has 3 rings (SSSR count). The number of thiophene rings is 1. The van der Waals surface area contributed by atoms with Gasteiger partial charge in [-0.25, -0.2) is 0 Å². The second-order valence-electron chi connectivity index (χ2n) is 5.43. The lowest BCUT2D eigenvalue weighted by molar-refractivity contribution is 0.101. The largest absolute Gasteiger partial charge is 0.322 e. The van der Waals surface area contributed by atoms with Crippen LogP contribution in [0.3, 0.4) is 0 Å². The number of amides is 2. The van der Waals surface area contributed by atoms with Gasteiger partial charge in [-0.2, -0.15) is 0 Å². The zero-order valence-electron chi connectivity index (χ0n) is 13.4. The van der Waals surface area contributed by atoms with Crippen molar-refractivity contribution in [3.63, 3.8) is 0 Å². The highest BCUT2D eigenvalue weighted by atomic mass is 79.9. The fraction of sp³-hybridized carbons (Fsp3) is 0.0526. The third-order valence-corrected chi connectivity index (χ3v) is 4.94. The van der Waals surface area contributed by atoms with Crippen molar-refractivity contribution in [1.82, 2.24) is 0 Å². The van der Waals surface area contributed by atoms with E-state index in [-0.39, 0.29) is 11.8 Å². The number of aryl methyl sites for hydroxylation is 1. The summed E-state index contributed by atoms with van der Waals surface area (Å²) in [5, 5.41) is 7.55. The zero-order chi connectivity index (χ0) is 17.8. The maximum Gasteiger partial charge on any atom is 0.265 e. The fourth-order valence-electron chi connectivity index (χ4n) is 2.26. The van der Waals surface area contributed by atoms with Crippen LogP contribution in [-0.4, -0.2) is 11.8 Å². The molecule has 1 aromatic heterocycles. The molecule has 3 aromatic rings. The molecule has 0 spiro atoms. The predicted molar refractivity (Wildman–Crippen MR) is 106 cm³/mol. The second-order valence-corrected chi connectivity index (χ2v) is 7.29. The summed E-state index contributed by atoms with van der Waals surface area (Å²) in [5.74, 6) is -0.413. The lowest BCUT2D eigenvalue weighted by atomic mass is 10.1. The molecule has 0 saturated carbocycles. The van der Waals surface area contributed by atoms with Gasteiger partial charge < -0.3 is 10.6 Å². The lowest BCUT2D eigenvalue weighted by Gasteiger charge is -2.10. The van der Waals surface area contributed by atoms with Gasteiger partial charge in [0, 0.05) is 21.4 Å². The third kappa shape index (κ3) is 4.35. The zero-order valence-corrected chi connectivity index (χ0v) is 15.8. The molecule has 6 heteroatoms. The van der Waals surface area contributed by atoms with E-state index in [9.17, 15) is 9.59 Å². The monoisotopic (exact) mass is 414 g/mol. The highest BCUT2D eigenvalue weighted by Crippen LogP contribution is 2.22. The first-order valence-electron chi connectivity index (χ1n) is 7.55. The van der Waals surface area contributed by atoms with Crippen LogP contribution in [0.15, 0.2) is 64.5 Å². The maximum absolute atomic E-state index is 12.5. The molecule has 0 aliphatic carbocycles. The first-order valence-corrected chi connectivity index (χ1v) is 9.22. The summed E-state index contributed by atoms with van der Waals surface area (Å²) in [6.45, 7) is 1.93. The van der Waals surface area contributed by atoms with Crippen LogP contribution in [0.5, 0.6) is 0 Å². The molecule has 0 atom stereocenters. The van der Waals surface area contributed by atoms with Gasteiger partial charge >= 0.3 is 0 Å². The van der Waals surface area contributed by atoms with Crippen molar-refractivity contribution in [2.45, 2.75) is 6.92 Å². The molecular formula is C19H15BrN2O2S. The number of rotatable bonds is 4. The van der Waals surface area contributed by atoms with Gasteiger partial charge in [0.2, 0.25) is 0 Å². The van der Waals surface area contributed by atoms with Gasteiger partial charge in [0.25, 0.3) is 11.8 Å². The van der Waals surface area contributed by atoms with E-state index in [1.54, 1.807) is 30.3 Å². The Kier molecular flexibility index (Phi) is 5.31. The fourth-order valence-corrected chi connectivity index (χ4v) is 3.24. The van der Waals surface area contributed by atoms with E-state index < -0.39 is 0 Å². The quantitative estimate of drug-likeness (QED) is 0.606. The molecule has 0 unspecified atom stereocenters. The number of carbonyl (C=O) groups is 2. The standard InChI is InChI=1S/C19H15BrN2O2S/c1-12-7-8-14(20)11-16(12)22-18(23)13-4-2-5-15(10-13)21-19(24)17-6-3-9-25-17/h2-11H,1H3,(H,21,24)(H,22,23). The van der Waals surface area contributed by atoms with Crippen molar-refractivity contribution in [3.8, 4) is 0 Å². The van der Waals surface area contributed by atoms with E-state index in [2.05, 4.69) is 26.6 Å². The van der Waals surface area contributed by atoms with Gasteiger partial charge in [-0.3, -0.25) is 9.59 Å². The van der Waals surface area contributed by atoms with Gasteiger partial charge in [0.15, 0.2) is 0 Å². The summed E-state index contributed by atoms with van der Waals surface area (Å²) < 4.78 is 0.894. The van der Waals surface area contributed by atoms with Crippen LogP contribution in [0.4, 0.5) is 11.4 Å². The predicted octanol–water partition coefficient (Wildman–Crippen LogP) is 5.32. The van der Waals surface area contributed by atoms with Crippen LogP contribution in [-0.2, 0) is 0 Å². The summed E-state index contributed by atoms with van der Waals surface area (Å²) in [7, 11) is 0. The molecule has 0 aliphatic heterocycles. The van der Waals surface area contributed by atoms with Gasteiger partial charge in [-0.15, -0.1) is 11.3 Å². The molecule has 0 radical (unpaired) electrons. The molecule has 0 fully saturated rings. The van der Waals surface area contributed by atoms with Gasteiger partial charge in [0.05, 0.1) is 4.88 Å². The average molecular weight is 415 g/mol. The highest BCUT2D eigenvalue weighted by molar-refractivity contribution is 9.10. The molecule has 2 N–H and O–H groups in total. The van der Waals surface area contributed by atoms with E-state index in [1.807, 2.05) is 36.6 Å². The van der Waals surface area contributed by atoms with Crippen LogP contribution >= 0.6 is 27.3 Å². The Morgan fingerprint density at radius 1 is 0.960 bits per heavy atom. The summed E-state index contributed by atoms with van der Waals surface area (Å²) >= 11 is 4.77. The SMILES string of the molecule is Cc1ccc(Br)cc1NC(=O)c1cccc(NC(=O)c2cccs2)c1. The second kappa shape index (κ2) is 7.63. The maximum atomic E-state index is 12.5. The lowest BCUT2D eigenvalue weighted by Crippen LogP contribution is -2.14. The van der Waals surface area contributed by atoms with Crippen molar-refractivity contribution in [2.24, 2.45) is 0 Å². The van der Waals surface area contributed by atoms with Gasteiger partial charge in [-0.05, 0) is 54.3 Å². The van der Waals surface area contributed by atoms with Gasteiger partial charge in [-0.1, -0.05) is 34.1 Å². The van der Waals surface area contributed by atoms with Crippen LogP contribution in [0.2, 0.25) is 0 Å². The number of hydrogen-bond acceptors (Lipinski definition) is 3. The number of anilines is 2. The first kappa shape index (κ1) is 17.4. The van der Waals surface area contributed by atoms with E-state index in [0.717, 1.165) is 15.7 Å².